The third-order valence-corrected chi connectivity index (χ3v) is 2.88. The lowest BCUT2D eigenvalue weighted by atomic mass is 10.2. The van der Waals surface area contributed by atoms with Crippen LogP contribution in [0.3, 0.4) is 0 Å². The molecule has 16 heavy (non-hydrogen) atoms. The Labute approximate surface area is 95.8 Å². The van der Waals surface area contributed by atoms with E-state index in [0.717, 1.165) is 0 Å². The normalized spacial score (nSPS) is 23.3. The second kappa shape index (κ2) is 5.74. The highest BCUT2D eigenvalue weighted by Crippen LogP contribution is 2.29. The van der Waals surface area contributed by atoms with Gasteiger partial charge in [-0.15, -0.1) is 0 Å². The lowest BCUT2D eigenvalue weighted by molar-refractivity contribution is -0.0331. The lowest BCUT2D eigenvalue weighted by Gasteiger charge is -2.32. The van der Waals surface area contributed by atoms with Crippen molar-refractivity contribution in [1.29, 1.82) is 5.41 Å². The average molecular weight is 257 g/mol. The molecule has 1 atom stereocenters. The van der Waals surface area contributed by atoms with Crippen LogP contribution in [-0.2, 0) is 4.74 Å². The van der Waals surface area contributed by atoms with Gasteiger partial charge in [0.25, 0.3) is 0 Å². The van der Waals surface area contributed by atoms with E-state index >= 15 is 0 Å². The summed E-state index contributed by atoms with van der Waals surface area (Å²) in [5, 5.41) is 7.20. The zero-order valence-electron chi connectivity index (χ0n) is 8.59. The van der Waals surface area contributed by atoms with Crippen LogP contribution in [0, 0.1) is 5.41 Å². The van der Waals surface area contributed by atoms with Crippen LogP contribution in [0.5, 0.6) is 0 Å². The molecular formula is C8H14F3N3OS. The fraction of sp³-hybridized carbons (Fsp3) is 0.875. The number of halogens is 3. The number of nitrogens with two attached hydrogens (primary N) is 1. The summed E-state index contributed by atoms with van der Waals surface area (Å²) in [5.74, 6) is -0.0816. The number of rotatable bonds is 4. The summed E-state index contributed by atoms with van der Waals surface area (Å²) >= 11 is -0.0306. The van der Waals surface area contributed by atoms with Gasteiger partial charge in [0.15, 0.2) is 0 Å². The lowest BCUT2D eigenvalue weighted by Crippen LogP contribution is -2.48. The molecule has 0 amide bonds. The van der Waals surface area contributed by atoms with E-state index in [2.05, 4.69) is 0 Å². The van der Waals surface area contributed by atoms with E-state index in [4.69, 9.17) is 15.9 Å². The van der Waals surface area contributed by atoms with Crippen LogP contribution >= 0.6 is 11.8 Å². The number of nitrogens with one attached hydrogen (secondary N) is 1. The fourth-order valence-corrected chi connectivity index (χ4v) is 1.97. The first-order valence-corrected chi connectivity index (χ1v) is 5.75. The van der Waals surface area contributed by atoms with Crippen molar-refractivity contribution in [3.05, 3.63) is 0 Å². The van der Waals surface area contributed by atoms with Gasteiger partial charge >= 0.3 is 5.51 Å². The highest BCUT2D eigenvalue weighted by molar-refractivity contribution is 8.00. The third-order valence-electron chi connectivity index (χ3n) is 2.17. The number of morpholine rings is 1. The number of thioether (sulfide) groups is 1. The fourth-order valence-electron chi connectivity index (χ4n) is 1.38. The Kier molecular flexibility index (Phi) is 4.88. The topological polar surface area (TPSA) is 62.3 Å². The summed E-state index contributed by atoms with van der Waals surface area (Å²) in [7, 11) is 0. The predicted molar refractivity (Wildman–Crippen MR) is 56.6 cm³/mol. The highest BCUT2D eigenvalue weighted by Gasteiger charge is 2.29. The molecule has 1 heterocycles. The molecule has 1 saturated heterocycles. The third kappa shape index (κ3) is 5.04. The van der Waals surface area contributed by atoms with E-state index in [1.165, 1.54) is 0 Å². The molecule has 0 aromatic heterocycles. The molecule has 0 aliphatic carbocycles. The molecule has 0 aromatic carbocycles. The van der Waals surface area contributed by atoms with Crippen LogP contribution in [0.1, 0.15) is 0 Å². The van der Waals surface area contributed by atoms with Gasteiger partial charge in [-0.1, -0.05) is 0 Å². The summed E-state index contributed by atoms with van der Waals surface area (Å²) in [6.45, 7) is 1.72. The first-order chi connectivity index (χ1) is 7.38. The molecule has 0 aromatic rings. The van der Waals surface area contributed by atoms with Gasteiger partial charge in [-0.25, -0.2) is 0 Å². The van der Waals surface area contributed by atoms with Crippen molar-refractivity contribution in [1.82, 2.24) is 4.90 Å². The molecule has 0 radical (unpaired) electrons. The van der Waals surface area contributed by atoms with Gasteiger partial charge in [0.2, 0.25) is 0 Å². The molecule has 0 bridgehead atoms. The zero-order valence-corrected chi connectivity index (χ0v) is 9.40. The van der Waals surface area contributed by atoms with E-state index in [-0.39, 0.29) is 23.4 Å². The number of alkyl halides is 3. The maximum absolute atomic E-state index is 11.9. The molecule has 0 saturated carbocycles. The Bertz CT molecular complexity index is 249. The van der Waals surface area contributed by atoms with Crippen LogP contribution in [0.2, 0.25) is 0 Å². The highest BCUT2D eigenvalue weighted by atomic mass is 32.2. The Morgan fingerprint density at radius 3 is 2.81 bits per heavy atom. The Balaban J connectivity index is 2.24. The minimum Gasteiger partial charge on any atom is -0.385 e. The van der Waals surface area contributed by atoms with Crippen molar-refractivity contribution in [3.63, 3.8) is 0 Å². The summed E-state index contributed by atoms with van der Waals surface area (Å²) in [4.78, 5) is 1.83. The molecular weight excluding hydrogens is 243 g/mol. The van der Waals surface area contributed by atoms with Crippen molar-refractivity contribution < 1.29 is 17.9 Å². The van der Waals surface area contributed by atoms with E-state index in [9.17, 15) is 13.2 Å². The van der Waals surface area contributed by atoms with Crippen molar-refractivity contribution in [3.8, 4) is 0 Å². The predicted octanol–water partition coefficient (Wildman–Crippen LogP) is 0.876. The smallest absolute Gasteiger partial charge is 0.385 e. The minimum absolute atomic E-state index is 0.00583. The largest absolute Gasteiger partial charge is 0.441 e. The molecule has 3 N–H and O–H groups in total. The molecule has 1 aliphatic heterocycles. The van der Waals surface area contributed by atoms with Gasteiger partial charge in [-0.05, 0) is 11.8 Å². The number of hydrogen-bond acceptors (Lipinski definition) is 4. The van der Waals surface area contributed by atoms with Crippen LogP contribution in [-0.4, -0.2) is 54.3 Å². The van der Waals surface area contributed by atoms with Crippen molar-refractivity contribution in [2.45, 2.75) is 11.6 Å². The van der Waals surface area contributed by atoms with Crippen molar-refractivity contribution in [2.24, 2.45) is 5.73 Å². The summed E-state index contributed by atoms with van der Waals surface area (Å²) < 4.78 is 40.8. The zero-order chi connectivity index (χ0) is 12.2. The van der Waals surface area contributed by atoms with Gasteiger partial charge in [0.05, 0.1) is 6.61 Å². The second-order valence-corrected chi connectivity index (χ2v) is 4.57. The van der Waals surface area contributed by atoms with Gasteiger partial charge in [-0.2, -0.15) is 13.2 Å². The van der Waals surface area contributed by atoms with Gasteiger partial charge in [0, 0.05) is 25.4 Å². The summed E-state index contributed by atoms with van der Waals surface area (Å²) in [6.07, 6.45) is -0.482. The number of amidine groups is 1. The molecule has 0 spiro atoms. The first kappa shape index (κ1) is 13.6. The summed E-state index contributed by atoms with van der Waals surface area (Å²) in [6, 6.07) is 0. The maximum Gasteiger partial charge on any atom is 0.441 e. The van der Waals surface area contributed by atoms with Crippen LogP contribution in [0.15, 0.2) is 0 Å². The van der Waals surface area contributed by atoms with E-state index < -0.39 is 11.6 Å². The Hall–Kier alpha value is -0.470. The van der Waals surface area contributed by atoms with Crippen LogP contribution in [0.4, 0.5) is 13.2 Å². The van der Waals surface area contributed by atoms with Crippen LogP contribution < -0.4 is 5.73 Å². The second-order valence-electron chi connectivity index (χ2n) is 3.41. The first-order valence-electron chi connectivity index (χ1n) is 4.77. The Morgan fingerprint density at radius 2 is 2.25 bits per heavy atom. The summed E-state index contributed by atoms with van der Waals surface area (Å²) in [5.41, 5.74) is 1.10. The van der Waals surface area contributed by atoms with E-state index in [0.29, 0.717) is 26.2 Å². The maximum atomic E-state index is 11.9. The van der Waals surface area contributed by atoms with Gasteiger partial charge in [0.1, 0.15) is 11.9 Å². The standard InChI is InChI=1S/C8H14F3N3OS/c9-8(10,11)16-4-2-14-1-3-15-6(5-14)7(12)13/h6H,1-5H2,(H3,12,13). The SMILES string of the molecule is N=C(N)C1CN(CCSC(F)(F)F)CCO1. The molecule has 1 rings (SSSR count). The quantitative estimate of drug-likeness (QED) is 0.579. The molecule has 94 valence electrons. The molecule has 8 heteroatoms. The molecule has 1 fully saturated rings. The van der Waals surface area contributed by atoms with Gasteiger partial charge < -0.3 is 10.5 Å². The minimum atomic E-state index is -4.17. The van der Waals surface area contributed by atoms with Gasteiger partial charge in [-0.3, -0.25) is 10.3 Å². The monoisotopic (exact) mass is 257 g/mol. The molecule has 4 nitrogen and oxygen atoms in total. The number of ether oxygens (including phenoxy) is 1. The Morgan fingerprint density at radius 1 is 1.56 bits per heavy atom. The van der Waals surface area contributed by atoms with Crippen molar-refractivity contribution in [2.75, 3.05) is 32.0 Å². The average Bonchev–Trinajstić information content (AvgIpc) is 2.16. The van der Waals surface area contributed by atoms with Crippen LogP contribution in [0.25, 0.3) is 0 Å². The number of nitrogens with zero attached hydrogens (tertiary/aromatic N) is 1. The molecule has 1 unspecified atom stereocenters. The van der Waals surface area contributed by atoms with Crippen molar-refractivity contribution >= 4 is 17.6 Å². The van der Waals surface area contributed by atoms with E-state index in [1.807, 2.05) is 4.90 Å². The number of hydrogen-bond donors (Lipinski definition) is 2. The molecule has 1 aliphatic rings. The van der Waals surface area contributed by atoms with E-state index in [1.54, 1.807) is 0 Å².